The van der Waals surface area contributed by atoms with Gasteiger partial charge < -0.3 is 4.90 Å². The second kappa shape index (κ2) is 8.88. The molecule has 6 nitrogen and oxygen atoms in total. The molecule has 28 heavy (non-hydrogen) atoms. The summed E-state index contributed by atoms with van der Waals surface area (Å²) in [5.41, 5.74) is 6.50. The van der Waals surface area contributed by atoms with Gasteiger partial charge >= 0.3 is 0 Å². The van der Waals surface area contributed by atoms with Crippen LogP contribution in [0.5, 0.6) is 0 Å². The molecule has 1 saturated heterocycles. The first kappa shape index (κ1) is 19.9. The van der Waals surface area contributed by atoms with Gasteiger partial charge in [0, 0.05) is 23.5 Å². The van der Waals surface area contributed by atoms with Gasteiger partial charge in [-0.1, -0.05) is 29.8 Å². The van der Waals surface area contributed by atoms with Gasteiger partial charge in [0.1, 0.15) is 5.82 Å². The molecule has 2 N–H and O–H groups in total. The fraction of sp³-hybridized carbons (Fsp3) is 0.250. The van der Waals surface area contributed by atoms with Gasteiger partial charge in [0.15, 0.2) is 0 Å². The maximum Gasteiger partial charge on any atom is 0.248 e. The summed E-state index contributed by atoms with van der Waals surface area (Å²) in [5.74, 6) is -2.00. The third-order valence-electron chi connectivity index (χ3n) is 4.36. The number of thioether (sulfide) groups is 1. The highest BCUT2D eigenvalue weighted by Gasteiger charge is 2.35. The molecule has 2 aromatic rings. The lowest BCUT2D eigenvalue weighted by atomic mass is 10.1. The largest absolute Gasteiger partial charge is 0.312 e. The predicted octanol–water partition coefficient (Wildman–Crippen LogP) is 2.43. The van der Waals surface area contributed by atoms with E-state index in [-0.39, 0.29) is 24.6 Å². The number of nitrogens with zero attached hydrogens (tertiary/aromatic N) is 1. The number of carbonyl (C=O) groups is 3. The van der Waals surface area contributed by atoms with Crippen LogP contribution in [0.3, 0.4) is 0 Å². The normalized spacial score (nSPS) is 16.1. The Morgan fingerprint density at radius 1 is 1.14 bits per heavy atom. The van der Waals surface area contributed by atoms with Gasteiger partial charge in [0.2, 0.25) is 17.7 Å². The Labute approximate surface area is 166 Å². The molecule has 1 heterocycles. The van der Waals surface area contributed by atoms with E-state index in [1.807, 2.05) is 31.2 Å². The van der Waals surface area contributed by atoms with Gasteiger partial charge in [-0.2, -0.15) is 0 Å². The molecule has 3 rings (SSSR count). The topological polar surface area (TPSA) is 78.5 Å². The molecule has 0 aromatic heterocycles. The first-order valence-electron chi connectivity index (χ1n) is 8.77. The van der Waals surface area contributed by atoms with Crippen LogP contribution in [0.15, 0.2) is 53.4 Å². The fourth-order valence-corrected chi connectivity index (χ4v) is 3.57. The number of hydrogen-bond donors (Lipinski definition) is 2. The predicted molar refractivity (Wildman–Crippen MR) is 105 cm³/mol. The number of hydrogen-bond acceptors (Lipinski definition) is 4. The van der Waals surface area contributed by atoms with Crippen LogP contribution in [0, 0.1) is 18.7 Å². The molecule has 0 aliphatic carbocycles. The lowest BCUT2D eigenvalue weighted by Gasteiger charge is -2.17. The Hall–Kier alpha value is -2.87. The maximum absolute atomic E-state index is 13.5. The standard InChI is InChI=1S/C20H20FN3O3S/c1-13-6-8-15(9-7-13)24-11-14(10-19(24)26)20(27)23-22-18(25)12-28-17-5-3-2-4-16(17)21/h2-9,14H,10-12H2,1H3,(H,22,25)(H,23,27). The molecule has 3 amide bonds. The van der Waals surface area contributed by atoms with Crippen molar-refractivity contribution in [3.8, 4) is 0 Å². The van der Waals surface area contributed by atoms with Crippen molar-refractivity contribution in [1.29, 1.82) is 0 Å². The minimum absolute atomic E-state index is 0.0414. The summed E-state index contributed by atoms with van der Waals surface area (Å²) in [5, 5.41) is 0. The lowest BCUT2D eigenvalue weighted by molar-refractivity contribution is -0.130. The Morgan fingerprint density at radius 2 is 1.86 bits per heavy atom. The zero-order valence-electron chi connectivity index (χ0n) is 15.3. The molecular formula is C20H20FN3O3S. The van der Waals surface area contributed by atoms with Gasteiger partial charge in [0.25, 0.3) is 0 Å². The number of aryl methyl sites for hydroxylation is 1. The minimum atomic E-state index is -0.548. The van der Waals surface area contributed by atoms with E-state index in [1.165, 1.54) is 6.07 Å². The molecule has 0 bridgehead atoms. The van der Waals surface area contributed by atoms with E-state index in [9.17, 15) is 18.8 Å². The average Bonchev–Trinajstić information content (AvgIpc) is 3.08. The lowest BCUT2D eigenvalue weighted by Crippen LogP contribution is -2.45. The highest BCUT2D eigenvalue weighted by atomic mass is 32.2. The Morgan fingerprint density at radius 3 is 2.57 bits per heavy atom. The van der Waals surface area contributed by atoms with Crippen molar-refractivity contribution in [1.82, 2.24) is 10.9 Å². The number of nitrogens with one attached hydrogen (secondary N) is 2. The Bertz CT molecular complexity index is 889. The number of benzene rings is 2. The summed E-state index contributed by atoms with van der Waals surface area (Å²) in [6.45, 7) is 2.21. The third kappa shape index (κ3) is 4.89. The summed E-state index contributed by atoms with van der Waals surface area (Å²) in [6, 6.07) is 13.6. The fourth-order valence-electron chi connectivity index (χ4n) is 2.83. The van der Waals surface area contributed by atoms with Crippen molar-refractivity contribution < 1.29 is 18.8 Å². The molecule has 0 spiro atoms. The van der Waals surface area contributed by atoms with Crippen LogP contribution in [0.1, 0.15) is 12.0 Å². The number of anilines is 1. The van der Waals surface area contributed by atoms with Crippen LogP contribution in [-0.4, -0.2) is 30.0 Å². The van der Waals surface area contributed by atoms with Crippen LogP contribution < -0.4 is 15.8 Å². The van der Waals surface area contributed by atoms with Crippen LogP contribution >= 0.6 is 11.8 Å². The molecule has 1 aliphatic rings. The molecule has 0 saturated carbocycles. The quantitative estimate of drug-likeness (QED) is 0.596. The number of halogens is 1. The second-order valence-corrected chi connectivity index (χ2v) is 7.51. The molecule has 2 aromatic carbocycles. The van der Waals surface area contributed by atoms with Gasteiger partial charge in [0.05, 0.1) is 11.7 Å². The molecule has 1 unspecified atom stereocenters. The summed E-state index contributed by atoms with van der Waals surface area (Å²) in [7, 11) is 0. The van der Waals surface area contributed by atoms with E-state index in [2.05, 4.69) is 10.9 Å². The van der Waals surface area contributed by atoms with Gasteiger partial charge in [-0.25, -0.2) is 4.39 Å². The number of hydrazine groups is 1. The molecule has 0 radical (unpaired) electrons. The van der Waals surface area contributed by atoms with Crippen molar-refractivity contribution in [3.63, 3.8) is 0 Å². The van der Waals surface area contributed by atoms with Crippen LogP contribution in [0.2, 0.25) is 0 Å². The van der Waals surface area contributed by atoms with Crippen molar-refractivity contribution in [2.75, 3.05) is 17.2 Å². The maximum atomic E-state index is 13.5. The monoisotopic (exact) mass is 401 g/mol. The van der Waals surface area contributed by atoms with E-state index >= 15 is 0 Å². The van der Waals surface area contributed by atoms with Gasteiger partial charge in [-0.15, -0.1) is 11.8 Å². The zero-order chi connectivity index (χ0) is 20.1. The van der Waals surface area contributed by atoms with E-state index < -0.39 is 23.5 Å². The number of amides is 3. The number of rotatable bonds is 5. The molecule has 1 aliphatic heterocycles. The molecule has 8 heteroatoms. The van der Waals surface area contributed by atoms with Crippen LogP contribution in [-0.2, 0) is 14.4 Å². The molecule has 146 valence electrons. The molecule has 1 fully saturated rings. The summed E-state index contributed by atoms with van der Waals surface area (Å²) in [4.78, 5) is 38.3. The minimum Gasteiger partial charge on any atom is -0.312 e. The van der Waals surface area contributed by atoms with Gasteiger partial charge in [-0.3, -0.25) is 25.2 Å². The Kier molecular flexibility index (Phi) is 6.30. The van der Waals surface area contributed by atoms with E-state index in [0.29, 0.717) is 4.90 Å². The van der Waals surface area contributed by atoms with Gasteiger partial charge in [-0.05, 0) is 31.2 Å². The summed E-state index contributed by atoms with van der Waals surface area (Å²) in [6.07, 6.45) is 0.0829. The van der Waals surface area contributed by atoms with Crippen molar-refractivity contribution in [2.45, 2.75) is 18.2 Å². The summed E-state index contributed by atoms with van der Waals surface area (Å²) >= 11 is 1.04. The van der Waals surface area contributed by atoms with Crippen molar-refractivity contribution in [2.24, 2.45) is 5.92 Å². The molecule has 1 atom stereocenters. The smallest absolute Gasteiger partial charge is 0.248 e. The SMILES string of the molecule is Cc1ccc(N2CC(C(=O)NNC(=O)CSc3ccccc3F)CC2=O)cc1. The third-order valence-corrected chi connectivity index (χ3v) is 5.41. The van der Waals surface area contributed by atoms with Crippen molar-refractivity contribution >= 4 is 35.2 Å². The number of carbonyl (C=O) groups excluding carboxylic acids is 3. The van der Waals surface area contributed by atoms with E-state index in [1.54, 1.807) is 23.1 Å². The van der Waals surface area contributed by atoms with Crippen LogP contribution in [0.4, 0.5) is 10.1 Å². The van der Waals surface area contributed by atoms with E-state index in [0.717, 1.165) is 23.0 Å². The first-order chi connectivity index (χ1) is 13.4. The Balaban J connectivity index is 1.47. The van der Waals surface area contributed by atoms with Crippen molar-refractivity contribution in [3.05, 3.63) is 59.9 Å². The highest BCUT2D eigenvalue weighted by Crippen LogP contribution is 2.25. The van der Waals surface area contributed by atoms with E-state index in [4.69, 9.17) is 0 Å². The second-order valence-electron chi connectivity index (χ2n) is 6.50. The average molecular weight is 401 g/mol. The zero-order valence-corrected chi connectivity index (χ0v) is 16.1. The summed E-state index contributed by atoms with van der Waals surface area (Å²) < 4.78 is 13.5. The molecular weight excluding hydrogens is 381 g/mol. The first-order valence-corrected chi connectivity index (χ1v) is 9.75. The van der Waals surface area contributed by atoms with Crippen LogP contribution in [0.25, 0.3) is 0 Å². The highest BCUT2D eigenvalue weighted by molar-refractivity contribution is 8.00.